The number of halogens is 1. The number of ether oxygens (including phenoxy) is 2. The van der Waals surface area contributed by atoms with E-state index in [-0.39, 0.29) is 18.5 Å². The number of thioether (sulfide) groups is 1. The molecule has 0 saturated heterocycles. The number of rotatable bonds is 6. The molecule has 0 radical (unpaired) electrons. The molecule has 0 spiro atoms. The third-order valence-electron chi connectivity index (χ3n) is 4.74. The molecule has 0 unspecified atom stereocenters. The highest BCUT2D eigenvalue weighted by atomic mass is 35.5. The van der Waals surface area contributed by atoms with Crippen LogP contribution in [-0.2, 0) is 4.79 Å². The van der Waals surface area contributed by atoms with Crippen LogP contribution in [-0.4, -0.2) is 33.2 Å². The molecule has 0 fully saturated rings. The van der Waals surface area contributed by atoms with Gasteiger partial charge in [0.25, 0.3) is 0 Å². The van der Waals surface area contributed by atoms with Gasteiger partial charge in [-0.2, -0.15) is 0 Å². The molecule has 1 aliphatic rings. The molecule has 0 bridgehead atoms. The lowest BCUT2D eigenvalue weighted by atomic mass is 10.2. The minimum atomic E-state index is -0.162. The summed E-state index contributed by atoms with van der Waals surface area (Å²) < 4.78 is 12.6. The maximum Gasteiger partial charge on any atom is 0.234 e. The summed E-state index contributed by atoms with van der Waals surface area (Å²) in [5.41, 5.74) is 2.43. The molecule has 1 aliphatic heterocycles. The zero-order valence-electron chi connectivity index (χ0n) is 16.7. The smallest absolute Gasteiger partial charge is 0.234 e. The van der Waals surface area contributed by atoms with Crippen molar-refractivity contribution >= 4 is 35.0 Å². The van der Waals surface area contributed by atoms with Crippen molar-refractivity contribution < 1.29 is 14.3 Å². The fourth-order valence-corrected chi connectivity index (χ4v) is 4.14. The molecular weight excluding hydrogens is 448 g/mol. The minimum absolute atomic E-state index is 0.162. The number of para-hydroxylation sites is 1. The number of carbonyl (C=O) groups excluding carboxylic acids is 1. The van der Waals surface area contributed by atoms with Crippen molar-refractivity contribution in [2.75, 3.05) is 17.9 Å². The number of nitrogens with zero attached hydrogens (tertiary/aromatic N) is 3. The quantitative estimate of drug-likeness (QED) is 0.402. The molecular formula is C23H17ClN4O3S. The van der Waals surface area contributed by atoms with Crippen molar-refractivity contribution in [2.24, 2.45) is 0 Å². The predicted octanol–water partition coefficient (Wildman–Crippen LogP) is 5.05. The number of hydrogen-bond acceptors (Lipinski definition) is 6. The number of aromatic nitrogens is 3. The predicted molar refractivity (Wildman–Crippen MR) is 124 cm³/mol. The van der Waals surface area contributed by atoms with E-state index in [1.54, 1.807) is 18.2 Å². The molecule has 3 aromatic carbocycles. The van der Waals surface area contributed by atoms with E-state index in [9.17, 15) is 4.79 Å². The number of nitrogens with one attached hydrogen (secondary N) is 1. The fraction of sp³-hybridized carbons (Fsp3) is 0.0870. The second kappa shape index (κ2) is 8.94. The number of amides is 1. The third-order valence-corrected chi connectivity index (χ3v) is 5.92. The van der Waals surface area contributed by atoms with Gasteiger partial charge in [0, 0.05) is 28.0 Å². The largest absolute Gasteiger partial charge is 0.454 e. The summed E-state index contributed by atoms with van der Waals surface area (Å²) in [6.45, 7) is 0.188. The van der Waals surface area contributed by atoms with Crippen LogP contribution in [0.15, 0.2) is 78.0 Å². The number of anilines is 1. The van der Waals surface area contributed by atoms with E-state index < -0.39 is 0 Å². The van der Waals surface area contributed by atoms with Crippen LogP contribution in [0.3, 0.4) is 0 Å². The monoisotopic (exact) mass is 464 g/mol. The lowest BCUT2D eigenvalue weighted by molar-refractivity contribution is -0.113. The van der Waals surface area contributed by atoms with Crippen LogP contribution in [0.1, 0.15) is 0 Å². The summed E-state index contributed by atoms with van der Waals surface area (Å²) in [6.07, 6.45) is 0. The Hall–Kier alpha value is -3.49. The maximum atomic E-state index is 12.6. The standard InChI is InChI=1S/C23H17ClN4O3S/c24-16-8-6-15(7-9-16)22-26-27-23(28(22)18-4-2-1-3-5-18)32-13-21(29)25-17-10-11-19-20(12-17)31-14-30-19/h1-12H,13-14H2,(H,25,29). The molecule has 9 heteroatoms. The molecule has 160 valence electrons. The molecule has 4 aromatic rings. The second-order valence-corrected chi connectivity index (χ2v) is 8.27. The van der Waals surface area contributed by atoms with Crippen molar-refractivity contribution in [3.05, 3.63) is 77.8 Å². The lowest BCUT2D eigenvalue weighted by Crippen LogP contribution is -2.14. The van der Waals surface area contributed by atoms with Crippen LogP contribution in [0.5, 0.6) is 11.5 Å². The fourth-order valence-electron chi connectivity index (χ4n) is 3.26. The van der Waals surface area contributed by atoms with Gasteiger partial charge >= 0.3 is 0 Å². The molecule has 7 nitrogen and oxygen atoms in total. The molecule has 32 heavy (non-hydrogen) atoms. The second-order valence-electron chi connectivity index (χ2n) is 6.89. The van der Waals surface area contributed by atoms with Crippen LogP contribution < -0.4 is 14.8 Å². The topological polar surface area (TPSA) is 78.3 Å². The van der Waals surface area contributed by atoms with Gasteiger partial charge in [-0.15, -0.1) is 10.2 Å². The van der Waals surface area contributed by atoms with Gasteiger partial charge in [0.1, 0.15) is 0 Å². The van der Waals surface area contributed by atoms with Crippen LogP contribution in [0.2, 0.25) is 5.02 Å². The van der Waals surface area contributed by atoms with Crippen molar-refractivity contribution in [1.29, 1.82) is 0 Å². The van der Waals surface area contributed by atoms with Gasteiger partial charge in [-0.05, 0) is 48.5 Å². The van der Waals surface area contributed by atoms with Gasteiger partial charge in [0.15, 0.2) is 22.5 Å². The summed E-state index contributed by atoms with van der Waals surface area (Å²) in [7, 11) is 0. The van der Waals surface area contributed by atoms with Crippen LogP contribution >= 0.6 is 23.4 Å². The van der Waals surface area contributed by atoms with Crippen LogP contribution in [0.25, 0.3) is 17.1 Å². The first kappa shape index (κ1) is 20.4. The first-order chi connectivity index (χ1) is 15.7. The Morgan fingerprint density at radius 3 is 2.59 bits per heavy atom. The number of carbonyl (C=O) groups is 1. The van der Waals surface area contributed by atoms with Gasteiger partial charge in [-0.3, -0.25) is 9.36 Å². The molecule has 0 saturated carbocycles. The Morgan fingerprint density at radius 2 is 1.78 bits per heavy atom. The Morgan fingerprint density at radius 1 is 1.00 bits per heavy atom. The van der Waals surface area contributed by atoms with E-state index in [4.69, 9.17) is 21.1 Å². The summed E-state index contributed by atoms with van der Waals surface area (Å²) in [6, 6.07) is 22.5. The van der Waals surface area contributed by atoms with E-state index in [1.807, 2.05) is 59.2 Å². The van der Waals surface area contributed by atoms with Gasteiger partial charge in [-0.1, -0.05) is 41.6 Å². The molecule has 0 atom stereocenters. The molecule has 1 amide bonds. The summed E-state index contributed by atoms with van der Waals surface area (Å²) in [5.74, 6) is 1.96. The highest BCUT2D eigenvalue weighted by molar-refractivity contribution is 7.99. The molecule has 1 aromatic heterocycles. The lowest BCUT2D eigenvalue weighted by Gasteiger charge is -2.10. The number of benzene rings is 3. The molecule has 5 rings (SSSR count). The van der Waals surface area contributed by atoms with E-state index in [2.05, 4.69) is 15.5 Å². The van der Waals surface area contributed by atoms with Gasteiger partial charge in [-0.25, -0.2) is 0 Å². The van der Waals surface area contributed by atoms with E-state index >= 15 is 0 Å². The maximum absolute atomic E-state index is 12.6. The van der Waals surface area contributed by atoms with Crippen molar-refractivity contribution in [1.82, 2.24) is 14.8 Å². The Kier molecular flexibility index (Phi) is 5.70. The van der Waals surface area contributed by atoms with Gasteiger partial charge < -0.3 is 14.8 Å². The zero-order chi connectivity index (χ0) is 21.9. The first-order valence-corrected chi connectivity index (χ1v) is 11.1. The van der Waals surface area contributed by atoms with Crippen LogP contribution in [0.4, 0.5) is 5.69 Å². The average Bonchev–Trinajstić information content (AvgIpc) is 3.45. The van der Waals surface area contributed by atoms with Crippen molar-refractivity contribution in [3.63, 3.8) is 0 Å². The summed E-state index contributed by atoms with van der Waals surface area (Å²) >= 11 is 7.35. The number of hydrogen-bond donors (Lipinski definition) is 1. The highest BCUT2D eigenvalue weighted by Crippen LogP contribution is 2.34. The van der Waals surface area contributed by atoms with Gasteiger partial charge in [0.2, 0.25) is 12.7 Å². The zero-order valence-corrected chi connectivity index (χ0v) is 18.3. The molecule has 1 N–H and O–H groups in total. The van der Waals surface area contributed by atoms with E-state index in [0.29, 0.717) is 33.2 Å². The Balaban J connectivity index is 1.36. The average molecular weight is 465 g/mol. The third kappa shape index (κ3) is 4.28. The van der Waals surface area contributed by atoms with Crippen molar-refractivity contribution in [2.45, 2.75) is 5.16 Å². The van der Waals surface area contributed by atoms with Gasteiger partial charge in [0.05, 0.1) is 5.75 Å². The Bertz CT molecular complexity index is 1260. The van der Waals surface area contributed by atoms with Crippen molar-refractivity contribution in [3.8, 4) is 28.6 Å². The molecule has 2 heterocycles. The number of fused-ring (bicyclic) bond motifs is 1. The van der Waals surface area contributed by atoms with E-state index in [0.717, 1.165) is 11.3 Å². The summed E-state index contributed by atoms with van der Waals surface area (Å²) in [4.78, 5) is 12.6. The summed E-state index contributed by atoms with van der Waals surface area (Å²) in [5, 5.41) is 12.9. The minimum Gasteiger partial charge on any atom is -0.454 e. The normalized spacial score (nSPS) is 12.0. The van der Waals surface area contributed by atoms with Crippen LogP contribution in [0, 0.1) is 0 Å². The SMILES string of the molecule is O=C(CSc1nnc(-c2ccc(Cl)cc2)n1-c1ccccc1)Nc1ccc2c(c1)OCO2. The first-order valence-electron chi connectivity index (χ1n) is 9.76. The highest BCUT2D eigenvalue weighted by Gasteiger charge is 2.18. The molecule has 0 aliphatic carbocycles. The Labute approximate surface area is 193 Å². The van der Waals surface area contributed by atoms with E-state index in [1.165, 1.54) is 11.8 Å².